The molecule has 1 rings (SSSR count). The minimum atomic E-state index is -4.32. The maximum Gasteiger partial charge on any atom is 0.294 e. The van der Waals surface area contributed by atoms with Gasteiger partial charge in [0.1, 0.15) is 4.90 Å². The van der Waals surface area contributed by atoms with Gasteiger partial charge < -0.3 is 11.5 Å². The van der Waals surface area contributed by atoms with E-state index in [1.807, 2.05) is 20.8 Å². The van der Waals surface area contributed by atoms with Crippen LogP contribution in [-0.2, 0) is 15.5 Å². The van der Waals surface area contributed by atoms with Crippen LogP contribution in [0.4, 0.5) is 11.4 Å². The quantitative estimate of drug-likeness (QED) is 0.511. The number of nitrogens with two attached hydrogens (primary N) is 2. The van der Waals surface area contributed by atoms with E-state index in [4.69, 9.17) is 16.0 Å². The zero-order chi connectivity index (χ0) is 12.7. The number of hydrogen-bond donors (Lipinski definition) is 3. The van der Waals surface area contributed by atoms with Gasteiger partial charge >= 0.3 is 0 Å². The van der Waals surface area contributed by atoms with Crippen LogP contribution in [0.15, 0.2) is 17.0 Å². The standard InChI is InChI=1S/C10H16N2O3S/c1-10(2,3)9-7(12)4-6(11)5-8(9)16(13,14)15/h4-5H,11-12H2,1-3H3,(H,13,14,15). The van der Waals surface area contributed by atoms with Gasteiger partial charge in [-0.2, -0.15) is 8.42 Å². The Kier molecular flexibility index (Phi) is 2.91. The average Bonchev–Trinajstić information content (AvgIpc) is 1.97. The number of benzene rings is 1. The Morgan fingerprint density at radius 2 is 1.69 bits per heavy atom. The molecule has 0 amide bonds. The molecule has 0 unspecified atom stereocenters. The zero-order valence-corrected chi connectivity index (χ0v) is 10.3. The summed E-state index contributed by atoms with van der Waals surface area (Å²) in [5, 5.41) is 0. The highest BCUT2D eigenvalue weighted by Crippen LogP contribution is 2.35. The van der Waals surface area contributed by atoms with Gasteiger partial charge in [-0.3, -0.25) is 4.55 Å². The minimum absolute atomic E-state index is 0.207. The second-order valence-corrected chi connectivity index (χ2v) is 6.10. The van der Waals surface area contributed by atoms with E-state index in [1.165, 1.54) is 12.1 Å². The first-order valence-electron chi connectivity index (χ1n) is 4.70. The number of rotatable bonds is 1. The van der Waals surface area contributed by atoms with Crippen LogP contribution in [0.2, 0.25) is 0 Å². The molecule has 90 valence electrons. The Morgan fingerprint density at radius 1 is 1.19 bits per heavy atom. The van der Waals surface area contributed by atoms with Crippen LogP contribution in [-0.4, -0.2) is 13.0 Å². The van der Waals surface area contributed by atoms with Gasteiger partial charge in [-0.05, 0) is 17.5 Å². The fraction of sp³-hybridized carbons (Fsp3) is 0.400. The second-order valence-electron chi connectivity index (χ2n) is 4.71. The van der Waals surface area contributed by atoms with Gasteiger partial charge in [0.15, 0.2) is 0 Å². The van der Waals surface area contributed by atoms with Crippen molar-refractivity contribution < 1.29 is 13.0 Å². The molecule has 5 nitrogen and oxygen atoms in total. The predicted octanol–water partition coefficient (Wildman–Crippen LogP) is 1.40. The topological polar surface area (TPSA) is 106 Å². The first-order chi connectivity index (χ1) is 7.03. The van der Waals surface area contributed by atoms with Crippen LogP contribution in [0.3, 0.4) is 0 Å². The van der Waals surface area contributed by atoms with Gasteiger partial charge in [-0.25, -0.2) is 0 Å². The van der Waals surface area contributed by atoms with Crippen LogP contribution in [0.5, 0.6) is 0 Å². The minimum Gasteiger partial charge on any atom is -0.399 e. The predicted molar refractivity (Wildman–Crippen MR) is 63.8 cm³/mol. The van der Waals surface area contributed by atoms with E-state index in [9.17, 15) is 8.42 Å². The Bertz CT molecular complexity index is 516. The molecule has 0 spiro atoms. The lowest BCUT2D eigenvalue weighted by Gasteiger charge is -2.24. The van der Waals surface area contributed by atoms with Gasteiger partial charge in [0.05, 0.1) is 0 Å². The fourth-order valence-electron chi connectivity index (χ4n) is 1.67. The van der Waals surface area contributed by atoms with E-state index in [0.29, 0.717) is 5.56 Å². The van der Waals surface area contributed by atoms with Crippen molar-refractivity contribution in [3.05, 3.63) is 17.7 Å². The van der Waals surface area contributed by atoms with Gasteiger partial charge in [-0.15, -0.1) is 0 Å². The van der Waals surface area contributed by atoms with E-state index in [2.05, 4.69) is 0 Å². The number of anilines is 2. The van der Waals surface area contributed by atoms with Crippen LogP contribution >= 0.6 is 0 Å². The van der Waals surface area contributed by atoms with Crippen molar-refractivity contribution in [3.8, 4) is 0 Å². The van der Waals surface area contributed by atoms with Crippen molar-refractivity contribution >= 4 is 21.5 Å². The Labute approximate surface area is 95.2 Å². The average molecular weight is 244 g/mol. The van der Waals surface area contributed by atoms with Crippen molar-refractivity contribution in [1.29, 1.82) is 0 Å². The fourth-order valence-corrected chi connectivity index (χ4v) is 2.63. The molecule has 0 aliphatic carbocycles. The molecule has 0 aromatic heterocycles. The Balaban J connectivity index is 3.72. The Morgan fingerprint density at radius 3 is 2.06 bits per heavy atom. The number of nitrogen functional groups attached to an aromatic ring is 2. The molecule has 0 saturated heterocycles. The molecule has 0 radical (unpaired) electrons. The molecule has 1 aromatic carbocycles. The molecule has 0 fully saturated rings. The summed E-state index contributed by atoms with van der Waals surface area (Å²) in [6, 6.07) is 2.70. The first-order valence-corrected chi connectivity index (χ1v) is 6.14. The highest BCUT2D eigenvalue weighted by atomic mass is 32.2. The molecule has 0 bridgehead atoms. The van der Waals surface area contributed by atoms with Crippen LogP contribution in [0, 0.1) is 0 Å². The summed E-state index contributed by atoms with van der Waals surface area (Å²) >= 11 is 0. The summed E-state index contributed by atoms with van der Waals surface area (Å²) in [6.07, 6.45) is 0. The van der Waals surface area contributed by atoms with Crippen molar-refractivity contribution in [3.63, 3.8) is 0 Å². The summed E-state index contributed by atoms with van der Waals surface area (Å²) in [6.45, 7) is 5.43. The lowest BCUT2D eigenvalue weighted by Crippen LogP contribution is -2.19. The lowest BCUT2D eigenvalue weighted by atomic mass is 9.85. The zero-order valence-electron chi connectivity index (χ0n) is 9.48. The largest absolute Gasteiger partial charge is 0.399 e. The summed E-state index contributed by atoms with van der Waals surface area (Å²) in [4.78, 5) is -0.225. The molecular formula is C10H16N2O3S. The van der Waals surface area contributed by atoms with E-state index in [1.54, 1.807) is 0 Å². The molecule has 0 aliphatic rings. The third-order valence-electron chi connectivity index (χ3n) is 2.18. The number of hydrogen-bond acceptors (Lipinski definition) is 4. The normalized spacial score (nSPS) is 12.8. The maximum absolute atomic E-state index is 11.2. The van der Waals surface area contributed by atoms with Crippen LogP contribution in [0.25, 0.3) is 0 Å². The summed E-state index contributed by atoms with van der Waals surface area (Å²) in [7, 11) is -4.32. The first kappa shape index (κ1) is 12.8. The monoisotopic (exact) mass is 244 g/mol. The second kappa shape index (κ2) is 3.64. The highest BCUT2D eigenvalue weighted by Gasteiger charge is 2.27. The van der Waals surface area contributed by atoms with Crippen molar-refractivity contribution in [2.24, 2.45) is 0 Å². The molecule has 5 N–H and O–H groups in total. The van der Waals surface area contributed by atoms with E-state index in [-0.39, 0.29) is 16.3 Å². The molecule has 0 saturated carbocycles. The molecule has 1 aromatic rings. The highest BCUT2D eigenvalue weighted by molar-refractivity contribution is 7.85. The van der Waals surface area contributed by atoms with Crippen LogP contribution in [0.1, 0.15) is 26.3 Å². The molecule has 16 heavy (non-hydrogen) atoms. The van der Waals surface area contributed by atoms with Gasteiger partial charge in [0, 0.05) is 16.9 Å². The molecule has 0 aliphatic heterocycles. The third kappa shape index (κ3) is 2.45. The van der Waals surface area contributed by atoms with E-state index in [0.717, 1.165) is 0 Å². The summed E-state index contributed by atoms with van der Waals surface area (Å²) in [5.41, 5.74) is 11.6. The van der Waals surface area contributed by atoms with Gasteiger partial charge in [-0.1, -0.05) is 20.8 Å². The smallest absolute Gasteiger partial charge is 0.294 e. The van der Waals surface area contributed by atoms with Gasteiger partial charge in [0.2, 0.25) is 0 Å². The van der Waals surface area contributed by atoms with Crippen molar-refractivity contribution in [2.75, 3.05) is 11.5 Å². The SMILES string of the molecule is CC(C)(C)c1c(N)cc(N)cc1S(=O)(=O)O. The van der Waals surface area contributed by atoms with E-state index < -0.39 is 15.5 Å². The summed E-state index contributed by atoms with van der Waals surface area (Å²) in [5.74, 6) is 0. The van der Waals surface area contributed by atoms with E-state index >= 15 is 0 Å². The van der Waals surface area contributed by atoms with Crippen molar-refractivity contribution in [2.45, 2.75) is 31.1 Å². The van der Waals surface area contributed by atoms with Crippen LogP contribution < -0.4 is 11.5 Å². The summed E-state index contributed by atoms with van der Waals surface area (Å²) < 4.78 is 31.6. The molecular weight excluding hydrogens is 228 g/mol. The van der Waals surface area contributed by atoms with Gasteiger partial charge in [0.25, 0.3) is 10.1 Å². The Hall–Kier alpha value is -1.27. The maximum atomic E-state index is 11.2. The lowest BCUT2D eigenvalue weighted by molar-refractivity contribution is 0.476. The molecule has 6 heteroatoms. The molecule has 0 heterocycles. The molecule has 0 atom stereocenters. The van der Waals surface area contributed by atoms with Crippen molar-refractivity contribution in [1.82, 2.24) is 0 Å². The third-order valence-corrected chi connectivity index (χ3v) is 3.06.